The first-order chi connectivity index (χ1) is 11.6. The molecule has 0 spiro atoms. The Kier molecular flexibility index (Phi) is 3.80. The Labute approximate surface area is 149 Å². The molecular weight excluding hydrogens is 367 g/mol. The molecule has 8 heteroatoms. The van der Waals surface area contributed by atoms with Crippen LogP contribution in [-0.2, 0) is 0 Å². The van der Waals surface area contributed by atoms with E-state index < -0.39 is 0 Å². The van der Waals surface area contributed by atoms with Gasteiger partial charge in [-0.3, -0.25) is 9.78 Å². The lowest BCUT2D eigenvalue weighted by molar-refractivity contribution is 0.936. The van der Waals surface area contributed by atoms with E-state index in [2.05, 4.69) is 15.1 Å². The van der Waals surface area contributed by atoms with Crippen molar-refractivity contribution in [1.82, 2.24) is 19.6 Å². The second-order valence-electron chi connectivity index (χ2n) is 4.95. The average Bonchev–Trinajstić information content (AvgIpc) is 3.11. The highest BCUT2D eigenvalue weighted by molar-refractivity contribution is 7.15. The smallest absolute Gasteiger partial charge is 0.266 e. The van der Waals surface area contributed by atoms with Gasteiger partial charge in [0.2, 0.25) is 4.96 Å². The van der Waals surface area contributed by atoms with E-state index in [4.69, 9.17) is 23.2 Å². The molecule has 1 aromatic carbocycles. The molecule has 0 amide bonds. The Morgan fingerprint density at radius 2 is 2.08 bits per heavy atom. The summed E-state index contributed by atoms with van der Waals surface area (Å²) in [6.45, 7) is 0. The monoisotopic (exact) mass is 374 g/mol. The van der Waals surface area contributed by atoms with Crippen LogP contribution in [0, 0.1) is 0 Å². The lowest BCUT2D eigenvalue weighted by Gasteiger charge is -1.97. The van der Waals surface area contributed by atoms with Crippen LogP contribution < -0.4 is 10.1 Å². The van der Waals surface area contributed by atoms with Gasteiger partial charge in [-0.2, -0.15) is 9.50 Å². The van der Waals surface area contributed by atoms with Gasteiger partial charge >= 0.3 is 0 Å². The molecule has 3 heterocycles. The normalized spacial score (nSPS) is 12.2. The zero-order valence-electron chi connectivity index (χ0n) is 12.0. The molecule has 0 radical (unpaired) electrons. The third-order valence-corrected chi connectivity index (χ3v) is 4.87. The van der Waals surface area contributed by atoms with Crippen LogP contribution in [0.1, 0.15) is 5.56 Å². The van der Waals surface area contributed by atoms with Crippen molar-refractivity contribution in [3.05, 3.63) is 73.2 Å². The van der Waals surface area contributed by atoms with E-state index in [9.17, 15) is 4.79 Å². The Bertz CT molecular complexity index is 1150. The summed E-state index contributed by atoms with van der Waals surface area (Å²) in [6, 6.07) is 8.76. The highest BCUT2D eigenvalue weighted by atomic mass is 35.5. The molecule has 0 atom stereocenters. The van der Waals surface area contributed by atoms with Gasteiger partial charge in [0.1, 0.15) is 0 Å². The van der Waals surface area contributed by atoms with Crippen LogP contribution in [0.4, 0.5) is 0 Å². The molecule has 3 aromatic heterocycles. The van der Waals surface area contributed by atoms with Crippen molar-refractivity contribution in [2.45, 2.75) is 0 Å². The Balaban J connectivity index is 1.84. The van der Waals surface area contributed by atoms with Gasteiger partial charge in [0.25, 0.3) is 5.56 Å². The molecule has 0 aliphatic rings. The number of fused-ring (bicyclic) bond motifs is 1. The number of aromatic nitrogens is 4. The van der Waals surface area contributed by atoms with Crippen LogP contribution in [0.3, 0.4) is 0 Å². The first-order valence-electron chi connectivity index (χ1n) is 6.88. The fourth-order valence-corrected chi connectivity index (χ4v) is 3.57. The third kappa shape index (κ3) is 2.69. The topological polar surface area (TPSA) is 60.2 Å². The molecule has 0 unspecified atom stereocenters. The first kappa shape index (κ1) is 15.3. The highest BCUT2D eigenvalue weighted by Crippen LogP contribution is 2.21. The molecule has 0 N–H and O–H groups in total. The highest BCUT2D eigenvalue weighted by Gasteiger charge is 2.12. The van der Waals surface area contributed by atoms with Gasteiger partial charge in [-0.25, -0.2) is 0 Å². The molecule has 24 heavy (non-hydrogen) atoms. The van der Waals surface area contributed by atoms with E-state index in [1.165, 1.54) is 15.9 Å². The van der Waals surface area contributed by atoms with E-state index in [0.717, 1.165) is 11.1 Å². The van der Waals surface area contributed by atoms with E-state index in [1.54, 1.807) is 42.7 Å². The maximum atomic E-state index is 12.5. The predicted octanol–water partition coefficient (Wildman–Crippen LogP) is 3.07. The predicted molar refractivity (Wildman–Crippen MR) is 95.6 cm³/mol. The summed E-state index contributed by atoms with van der Waals surface area (Å²) in [5.74, 6) is 0.475. The molecular formula is C16H8Cl2N4OS. The van der Waals surface area contributed by atoms with Gasteiger partial charge in [-0.15, -0.1) is 5.10 Å². The number of hydrogen-bond donors (Lipinski definition) is 0. The van der Waals surface area contributed by atoms with Crippen LogP contribution >= 0.6 is 34.5 Å². The fourth-order valence-electron chi connectivity index (χ4n) is 2.21. The summed E-state index contributed by atoms with van der Waals surface area (Å²) in [4.78, 5) is 21.5. The van der Waals surface area contributed by atoms with Crippen LogP contribution in [0.2, 0.25) is 10.0 Å². The molecule has 0 saturated heterocycles. The zero-order chi connectivity index (χ0) is 16.7. The molecule has 0 fully saturated rings. The summed E-state index contributed by atoms with van der Waals surface area (Å²) in [5.41, 5.74) is 1.25. The van der Waals surface area contributed by atoms with Gasteiger partial charge in [0.15, 0.2) is 5.82 Å². The van der Waals surface area contributed by atoms with Crippen molar-refractivity contribution in [2.75, 3.05) is 0 Å². The van der Waals surface area contributed by atoms with Gasteiger partial charge in [0, 0.05) is 28.0 Å². The molecule has 4 aromatic rings. The van der Waals surface area contributed by atoms with Crippen molar-refractivity contribution in [3.8, 4) is 11.4 Å². The molecule has 5 nitrogen and oxygen atoms in total. The molecule has 0 saturated carbocycles. The second kappa shape index (κ2) is 5.98. The van der Waals surface area contributed by atoms with Gasteiger partial charge in [-0.05, 0) is 35.9 Å². The van der Waals surface area contributed by atoms with E-state index in [0.29, 0.717) is 25.4 Å². The molecule has 0 aliphatic heterocycles. The number of rotatable bonds is 2. The van der Waals surface area contributed by atoms with E-state index in [-0.39, 0.29) is 5.56 Å². The second-order valence-corrected chi connectivity index (χ2v) is 6.81. The van der Waals surface area contributed by atoms with Crippen molar-refractivity contribution < 1.29 is 0 Å². The third-order valence-electron chi connectivity index (χ3n) is 3.35. The molecule has 118 valence electrons. The Morgan fingerprint density at radius 1 is 1.21 bits per heavy atom. The summed E-state index contributed by atoms with van der Waals surface area (Å²) in [6.07, 6.45) is 5.04. The van der Waals surface area contributed by atoms with E-state index in [1.807, 2.05) is 6.07 Å². The SMILES string of the molecule is O=c1c(=Cc2ccc(Cl)cc2Cl)sc2nc(-c3cccnc3)nn12. The zero-order valence-corrected chi connectivity index (χ0v) is 14.3. The Morgan fingerprint density at radius 3 is 2.79 bits per heavy atom. The molecule has 4 rings (SSSR count). The standard InChI is InChI=1S/C16H8Cl2N4OS/c17-11-4-3-9(12(18)7-11)6-13-15(23)22-16(24-13)20-14(21-22)10-2-1-5-19-8-10/h1-8H. The van der Waals surface area contributed by atoms with Crippen molar-refractivity contribution in [1.29, 1.82) is 0 Å². The van der Waals surface area contributed by atoms with Gasteiger partial charge in [-0.1, -0.05) is 40.6 Å². The minimum atomic E-state index is -0.233. The van der Waals surface area contributed by atoms with Crippen LogP contribution in [-0.4, -0.2) is 19.6 Å². The quantitative estimate of drug-likeness (QED) is 0.540. The van der Waals surface area contributed by atoms with Gasteiger partial charge in [0.05, 0.1) is 4.53 Å². The van der Waals surface area contributed by atoms with Crippen LogP contribution in [0.15, 0.2) is 47.5 Å². The lowest BCUT2D eigenvalue weighted by Crippen LogP contribution is -2.23. The first-order valence-corrected chi connectivity index (χ1v) is 8.46. The Hall–Kier alpha value is -2.28. The minimum absolute atomic E-state index is 0.233. The summed E-state index contributed by atoms with van der Waals surface area (Å²) in [7, 11) is 0. The maximum Gasteiger partial charge on any atom is 0.291 e. The average molecular weight is 375 g/mol. The summed E-state index contributed by atoms with van der Waals surface area (Å²) in [5, 5.41) is 5.30. The molecule has 0 bridgehead atoms. The summed E-state index contributed by atoms with van der Waals surface area (Å²) < 4.78 is 1.80. The minimum Gasteiger partial charge on any atom is -0.266 e. The number of nitrogens with zero attached hydrogens (tertiary/aromatic N) is 4. The van der Waals surface area contributed by atoms with Crippen LogP contribution in [0.5, 0.6) is 0 Å². The number of thiazole rings is 1. The number of pyridine rings is 1. The number of benzene rings is 1. The van der Waals surface area contributed by atoms with Gasteiger partial charge < -0.3 is 0 Å². The largest absolute Gasteiger partial charge is 0.291 e. The van der Waals surface area contributed by atoms with Crippen molar-refractivity contribution in [2.24, 2.45) is 0 Å². The fraction of sp³-hybridized carbons (Fsp3) is 0. The number of hydrogen-bond acceptors (Lipinski definition) is 5. The lowest BCUT2D eigenvalue weighted by atomic mass is 10.2. The van der Waals surface area contributed by atoms with Crippen molar-refractivity contribution in [3.63, 3.8) is 0 Å². The maximum absolute atomic E-state index is 12.5. The van der Waals surface area contributed by atoms with E-state index >= 15 is 0 Å². The van der Waals surface area contributed by atoms with Crippen LogP contribution in [0.25, 0.3) is 22.4 Å². The molecule has 0 aliphatic carbocycles. The summed E-state index contributed by atoms with van der Waals surface area (Å²) >= 11 is 13.3. The number of halogens is 2. The van der Waals surface area contributed by atoms with Crippen molar-refractivity contribution >= 4 is 45.6 Å².